The van der Waals surface area contributed by atoms with E-state index in [0.29, 0.717) is 6.42 Å². The van der Waals surface area contributed by atoms with E-state index in [2.05, 4.69) is 4.98 Å². The summed E-state index contributed by atoms with van der Waals surface area (Å²) in [5, 5.41) is 9.99. The first-order chi connectivity index (χ1) is 11.8. The van der Waals surface area contributed by atoms with Crippen LogP contribution in [0.3, 0.4) is 0 Å². The topological polar surface area (TPSA) is 53.4 Å². The van der Waals surface area contributed by atoms with Gasteiger partial charge in [0, 0.05) is 6.54 Å². The lowest BCUT2D eigenvalue weighted by atomic mass is 10.0. The predicted molar refractivity (Wildman–Crippen MR) is 84.8 cm³/mol. The summed E-state index contributed by atoms with van der Waals surface area (Å²) in [5.74, 6) is -0.427. The number of aliphatic hydroxyl groups is 1. The highest BCUT2D eigenvalue weighted by atomic mass is 19.4. The molecule has 1 saturated heterocycles. The van der Waals surface area contributed by atoms with Gasteiger partial charge in [0.1, 0.15) is 5.69 Å². The van der Waals surface area contributed by atoms with Gasteiger partial charge in [0.15, 0.2) is 0 Å². The monoisotopic (exact) mass is 350 g/mol. The zero-order valence-electron chi connectivity index (χ0n) is 13.5. The summed E-state index contributed by atoms with van der Waals surface area (Å²) in [5.41, 5.74) is -0.0106. The largest absolute Gasteiger partial charge is 0.433 e. The van der Waals surface area contributed by atoms with Gasteiger partial charge in [-0.15, -0.1) is 0 Å². The van der Waals surface area contributed by atoms with Crippen LogP contribution in [0.4, 0.5) is 13.2 Å². The third kappa shape index (κ3) is 3.51. The van der Waals surface area contributed by atoms with Crippen LogP contribution in [0.15, 0.2) is 42.5 Å². The fourth-order valence-electron chi connectivity index (χ4n) is 3.13. The van der Waals surface area contributed by atoms with Gasteiger partial charge < -0.3 is 10.0 Å². The van der Waals surface area contributed by atoms with Crippen LogP contribution in [-0.4, -0.2) is 33.5 Å². The maximum absolute atomic E-state index is 12.9. The molecule has 1 aliphatic rings. The van der Waals surface area contributed by atoms with Crippen LogP contribution in [0.25, 0.3) is 0 Å². The highest BCUT2D eigenvalue weighted by Crippen LogP contribution is 2.34. The van der Waals surface area contributed by atoms with Crippen molar-refractivity contribution in [3.63, 3.8) is 0 Å². The van der Waals surface area contributed by atoms with Gasteiger partial charge in [0.2, 0.25) is 0 Å². The van der Waals surface area contributed by atoms with Crippen LogP contribution in [0.2, 0.25) is 0 Å². The maximum Gasteiger partial charge on any atom is 0.433 e. The van der Waals surface area contributed by atoms with E-state index in [1.807, 2.05) is 30.3 Å². The number of pyridine rings is 1. The summed E-state index contributed by atoms with van der Waals surface area (Å²) in [6.07, 6.45) is -4.83. The van der Waals surface area contributed by atoms with Crippen molar-refractivity contribution in [2.45, 2.75) is 31.7 Å². The molecule has 1 aromatic carbocycles. The number of carbonyl (C=O) groups is 1. The Bertz CT molecular complexity index is 778. The molecule has 2 aromatic rings. The van der Waals surface area contributed by atoms with Crippen molar-refractivity contribution < 1.29 is 23.1 Å². The SMILES string of the molecule is Cc1nc(C(F)(F)F)ccc1C(=O)N1CC(O)CC1c1ccccc1. The molecule has 2 atom stereocenters. The Morgan fingerprint density at radius 3 is 2.48 bits per heavy atom. The zero-order valence-corrected chi connectivity index (χ0v) is 13.5. The first kappa shape index (κ1) is 17.4. The minimum Gasteiger partial charge on any atom is -0.391 e. The highest BCUT2D eigenvalue weighted by molar-refractivity contribution is 5.95. The molecule has 1 aromatic heterocycles. The quantitative estimate of drug-likeness (QED) is 0.904. The number of aliphatic hydroxyl groups excluding tert-OH is 1. The number of nitrogens with zero attached hydrogens (tertiary/aromatic N) is 2. The molecule has 0 spiro atoms. The van der Waals surface area contributed by atoms with Gasteiger partial charge in [-0.25, -0.2) is 4.98 Å². The number of aromatic nitrogens is 1. The number of hydrogen-bond donors (Lipinski definition) is 1. The number of hydrogen-bond acceptors (Lipinski definition) is 3. The standard InChI is InChI=1S/C18H17F3N2O2/c1-11-14(7-8-16(22-11)18(19,20)21)17(25)23-10-13(24)9-15(23)12-5-3-2-4-6-12/h2-8,13,15,24H,9-10H2,1H3. The second-order valence-corrected chi connectivity index (χ2v) is 6.10. The number of likely N-dealkylation sites (tertiary alicyclic amines) is 1. The number of benzene rings is 1. The Labute approximate surface area is 142 Å². The van der Waals surface area contributed by atoms with Crippen LogP contribution < -0.4 is 0 Å². The van der Waals surface area contributed by atoms with Crippen molar-refractivity contribution in [3.05, 3.63) is 65.0 Å². The number of amides is 1. The molecule has 4 nitrogen and oxygen atoms in total. The molecule has 1 fully saturated rings. The number of carbonyl (C=O) groups excluding carboxylic acids is 1. The van der Waals surface area contributed by atoms with Crippen molar-refractivity contribution in [3.8, 4) is 0 Å². The first-order valence-corrected chi connectivity index (χ1v) is 7.86. The zero-order chi connectivity index (χ0) is 18.2. The molecule has 0 saturated carbocycles. The van der Waals surface area contributed by atoms with E-state index in [1.54, 1.807) is 0 Å². The lowest BCUT2D eigenvalue weighted by Crippen LogP contribution is -2.32. The Morgan fingerprint density at radius 1 is 1.20 bits per heavy atom. The van der Waals surface area contributed by atoms with Gasteiger partial charge in [0.05, 0.1) is 23.4 Å². The Balaban J connectivity index is 1.91. The molecule has 3 rings (SSSR count). The summed E-state index contributed by atoms with van der Waals surface area (Å²) in [7, 11) is 0. The van der Waals surface area contributed by atoms with Crippen LogP contribution in [0.1, 0.15) is 39.8 Å². The van der Waals surface area contributed by atoms with Gasteiger partial charge in [-0.1, -0.05) is 30.3 Å². The van der Waals surface area contributed by atoms with Gasteiger partial charge in [-0.3, -0.25) is 4.79 Å². The van der Waals surface area contributed by atoms with Crippen LogP contribution in [-0.2, 0) is 6.18 Å². The molecule has 1 amide bonds. The summed E-state index contributed by atoms with van der Waals surface area (Å²) < 4.78 is 38.2. The van der Waals surface area contributed by atoms with E-state index in [0.717, 1.165) is 17.7 Å². The Hall–Kier alpha value is -2.41. The van der Waals surface area contributed by atoms with Gasteiger partial charge in [-0.2, -0.15) is 13.2 Å². The third-order valence-electron chi connectivity index (χ3n) is 4.33. The summed E-state index contributed by atoms with van der Waals surface area (Å²) in [6.45, 7) is 1.52. The molecule has 1 N–H and O–H groups in total. The molecule has 2 unspecified atom stereocenters. The van der Waals surface area contributed by atoms with Crippen molar-refractivity contribution in [2.75, 3.05) is 6.54 Å². The van der Waals surface area contributed by atoms with Gasteiger partial charge in [-0.05, 0) is 31.0 Å². The number of β-amino-alcohol motifs (C(OH)–C–C–N with tert-alkyl or cyclic N) is 1. The Morgan fingerprint density at radius 2 is 1.88 bits per heavy atom. The number of aryl methyl sites for hydroxylation is 1. The average molecular weight is 350 g/mol. The van der Waals surface area contributed by atoms with E-state index in [-0.39, 0.29) is 23.8 Å². The molecular weight excluding hydrogens is 333 g/mol. The Kier molecular flexibility index (Phi) is 4.51. The average Bonchev–Trinajstić information content (AvgIpc) is 2.96. The lowest BCUT2D eigenvalue weighted by Gasteiger charge is -2.25. The first-order valence-electron chi connectivity index (χ1n) is 7.86. The van der Waals surface area contributed by atoms with Crippen molar-refractivity contribution in [2.24, 2.45) is 0 Å². The lowest BCUT2D eigenvalue weighted by molar-refractivity contribution is -0.141. The summed E-state index contributed by atoms with van der Waals surface area (Å²) in [4.78, 5) is 17.9. The molecule has 1 aliphatic heterocycles. The molecule has 0 aliphatic carbocycles. The minimum atomic E-state index is -4.55. The van der Waals surface area contributed by atoms with Gasteiger partial charge >= 0.3 is 6.18 Å². The fraction of sp³-hybridized carbons (Fsp3) is 0.333. The van der Waals surface area contributed by atoms with E-state index in [9.17, 15) is 23.1 Å². The maximum atomic E-state index is 12.9. The highest BCUT2D eigenvalue weighted by Gasteiger charge is 2.37. The molecule has 0 bridgehead atoms. The molecule has 7 heteroatoms. The molecular formula is C18H17F3N2O2. The number of rotatable bonds is 2. The second-order valence-electron chi connectivity index (χ2n) is 6.10. The van der Waals surface area contributed by atoms with Gasteiger partial charge in [0.25, 0.3) is 5.91 Å². The number of alkyl halides is 3. The fourth-order valence-corrected chi connectivity index (χ4v) is 3.13. The van der Waals surface area contributed by atoms with E-state index < -0.39 is 23.9 Å². The molecule has 0 radical (unpaired) electrons. The van der Waals surface area contributed by atoms with Crippen LogP contribution >= 0.6 is 0 Å². The molecule has 25 heavy (non-hydrogen) atoms. The minimum absolute atomic E-state index is 0.0213. The van der Waals surface area contributed by atoms with E-state index in [1.165, 1.54) is 11.8 Å². The van der Waals surface area contributed by atoms with Crippen molar-refractivity contribution in [1.29, 1.82) is 0 Å². The molecule has 132 valence electrons. The smallest absolute Gasteiger partial charge is 0.391 e. The van der Waals surface area contributed by atoms with Crippen molar-refractivity contribution >= 4 is 5.91 Å². The van der Waals surface area contributed by atoms with Crippen LogP contribution in [0, 0.1) is 6.92 Å². The second kappa shape index (κ2) is 6.48. The summed E-state index contributed by atoms with van der Waals surface area (Å²) in [6, 6.07) is 10.9. The van der Waals surface area contributed by atoms with Crippen LogP contribution in [0.5, 0.6) is 0 Å². The molecule has 2 heterocycles. The van der Waals surface area contributed by atoms with E-state index >= 15 is 0 Å². The normalized spacial score (nSPS) is 20.8. The predicted octanol–water partition coefficient (Wildman–Crippen LogP) is 3.36. The third-order valence-corrected chi connectivity index (χ3v) is 4.33. The van der Waals surface area contributed by atoms with Crippen molar-refractivity contribution in [1.82, 2.24) is 9.88 Å². The summed E-state index contributed by atoms with van der Waals surface area (Å²) >= 11 is 0. The van der Waals surface area contributed by atoms with E-state index in [4.69, 9.17) is 0 Å². The number of halogens is 3.